The van der Waals surface area contributed by atoms with Crippen LogP contribution in [-0.4, -0.2) is 5.78 Å². The second kappa shape index (κ2) is 5.46. The van der Waals surface area contributed by atoms with Crippen molar-refractivity contribution in [1.29, 1.82) is 0 Å². The van der Waals surface area contributed by atoms with Gasteiger partial charge in [0.25, 0.3) is 0 Å². The molecule has 0 radical (unpaired) electrons. The largest absolute Gasteiger partial charge is 0.330 e. The lowest BCUT2D eigenvalue weighted by molar-refractivity contribution is 0.104. The summed E-state index contributed by atoms with van der Waals surface area (Å²) in [5, 5.41) is 0.462. The van der Waals surface area contributed by atoms with Gasteiger partial charge in [0.1, 0.15) is 0 Å². The molecule has 0 amide bonds. The number of carbonyl (C=O) groups excluding carboxylic acids is 1. The Bertz CT molecular complexity index is 575. The third kappa shape index (κ3) is 2.86. The van der Waals surface area contributed by atoms with Gasteiger partial charge < -0.3 is 4.72 Å². The van der Waals surface area contributed by atoms with Crippen molar-refractivity contribution in [2.75, 3.05) is 0 Å². The zero-order chi connectivity index (χ0) is 13.1. The minimum atomic E-state index is -0.0950. The molecule has 1 aromatic carbocycles. The number of allylic oxidation sites excluding steroid dienone is 5. The average molecular weight is 278 g/mol. The van der Waals surface area contributed by atoms with Crippen LogP contribution in [0.25, 0.3) is 0 Å². The maximum atomic E-state index is 12.3. The predicted octanol–water partition coefficient (Wildman–Crippen LogP) is 4.12. The van der Waals surface area contributed by atoms with Crippen LogP contribution >= 0.6 is 23.5 Å². The Hall–Kier alpha value is -1.45. The van der Waals surface area contributed by atoms with Crippen LogP contribution in [0.5, 0.6) is 0 Å². The highest BCUT2D eigenvalue weighted by molar-refractivity contribution is 8.02. The first kappa shape index (κ1) is 13.0. The third-order valence-electron chi connectivity index (χ3n) is 2.38. The Morgan fingerprint density at radius 3 is 2.78 bits per heavy atom. The third-order valence-corrected chi connectivity index (χ3v) is 3.66. The van der Waals surface area contributed by atoms with E-state index >= 15 is 0 Å². The minimum absolute atomic E-state index is 0.0950. The van der Waals surface area contributed by atoms with Crippen molar-refractivity contribution < 1.29 is 4.79 Å². The van der Waals surface area contributed by atoms with E-state index in [2.05, 4.69) is 11.3 Å². The molecular weight excluding hydrogens is 266 g/mol. The molecule has 0 saturated carbocycles. The van der Waals surface area contributed by atoms with Gasteiger partial charge in [-0.2, -0.15) is 0 Å². The van der Waals surface area contributed by atoms with Crippen LogP contribution in [0.15, 0.2) is 59.2 Å². The molecule has 2 nitrogen and oxygen atoms in total. The number of ketones is 1. The van der Waals surface area contributed by atoms with Crippen LogP contribution in [-0.2, 0) is 0 Å². The lowest BCUT2D eigenvalue weighted by atomic mass is 10.1. The zero-order valence-electron chi connectivity index (χ0n) is 9.87. The van der Waals surface area contributed by atoms with E-state index in [1.165, 1.54) is 11.9 Å². The Balaban J connectivity index is 2.31. The fourth-order valence-corrected chi connectivity index (χ4v) is 2.54. The lowest BCUT2D eigenvalue weighted by Crippen LogP contribution is -2.06. The van der Waals surface area contributed by atoms with E-state index in [1.54, 1.807) is 30.3 Å². The van der Waals surface area contributed by atoms with E-state index in [0.717, 1.165) is 11.3 Å². The molecule has 92 valence electrons. The molecule has 0 atom stereocenters. The van der Waals surface area contributed by atoms with Crippen molar-refractivity contribution in [3.63, 3.8) is 0 Å². The van der Waals surface area contributed by atoms with E-state index in [0.29, 0.717) is 15.5 Å². The van der Waals surface area contributed by atoms with Crippen LogP contribution in [0.2, 0.25) is 5.02 Å². The normalized spacial score (nSPS) is 15.3. The monoisotopic (exact) mass is 277 g/mol. The SMILES string of the molecule is C=C1C=C(C)NSC(C(=O)c2ccccc2Cl)=C1. The molecule has 0 aliphatic carbocycles. The fraction of sp³-hybridized carbons (Fsp3) is 0.0714. The van der Waals surface area contributed by atoms with Gasteiger partial charge in [0.2, 0.25) is 5.78 Å². The molecule has 2 rings (SSSR count). The van der Waals surface area contributed by atoms with Crippen molar-refractivity contribution in [3.05, 3.63) is 69.8 Å². The highest BCUT2D eigenvalue weighted by Crippen LogP contribution is 2.27. The minimum Gasteiger partial charge on any atom is -0.330 e. The van der Waals surface area contributed by atoms with Crippen LogP contribution in [0.4, 0.5) is 0 Å². The van der Waals surface area contributed by atoms with Gasteiger partial charge in [-0.15, -0.1) is 0 Å². The molecule has 0 bridgehead atoms. The van der Waals surface area contributed by atoms with E-state index in [4.69, 9.17) is 11.6 Å². The summed E-state index contributed by atoms with van der Waals surface area (Å²) in [7, 11) is 0. The molecular formula is C14H12ClNOS. The van der Waals surface area contributed by atoms with Crippen LogP contribution in [0, 0.1) is 0 Å². The molecule has 18 heavy (non-hydrogen) atoms. The van der Waals surface area contributed by atoms with Gasteiger partial charge in [-0.3, -0.25) is 4.79 Å². The Morgan fingerprint density at radius 1 is 1.33 bits per heavy atom. The zero-order valence-corrected chi connectivity index (χ0v) is 11.4. The summed E-state index contributed by atoms with van der Waals surface area (Å²) in [5.41, 5.74) is 2.26. The molecule has 1 aliphatic heterocycles. The van der Waals surface area contributed by atoms with Gasteiger partial charge in [0.05, 0.1) is 9.93 Å². The van der Waals surface area contributed by atoms with Crippen LogP contribution < -0.4 is 4.72 Å². The number of hydrogen-bond acceptors (Lipinski definition) is 3. The standard InChI is InChI=1S/C14H12ClNOS/c1-9-7-10(2)16-18-13(8-9)14(17)11-5-3-4-6-12(11)15/h3-8,16H,1H2,2H3. The molecule has 0 aromatic heterocycles. The van der Waals surface area contributed by atoms with Crippen molar-refractivity contribution >= 4 is 29.3 Å². The average Bonchev–Trinajstić information content (AvgIpc) is 2.50. The number of nitrogens with one attached hydrogen (secondary N) is 1. The van der Waals surface area contributed by atoms with Gasteiger partial charge in [-0.1, -0.05) is 30.3 Å². The summed E-state index contributed by atoms with van der Waals surface area (Å²) < 4.78 is 3.08. The number of hydrogen-bond donors (Lipinski definition) is 1. The van der Waals surface area contributed by atoms with Crippen molar-refractivity contribution in [1.82, 2.24) is 4.72 Å². The number of halogens is 1. The predicted molar refractivity (Wildman–Crippen MR) is 77.5 cm³/mol. The summed E-state index contributed by atoms with van der Waals surface area (Å²) in [6.07, 6.45) is 3.65. The van der Waals surface area contributed by atoms with E-state index < -0.39 is 0 Å². The Labute approximate surface area is 116 Å². The molecule has 1 aliphatic rings. The van der Waals surface area contributed by atoms with Crippen molar-refractivity contribution in [2.45, 2.75) is 6.92 Å². The van der Waals surface area contributed by atoms with E-state index in [9.17, 15) is 4.79 Å². The smallest absolute Gasteiger partial charge is 0.202 e. The highest BCUT2D eigenvalue weighted by atomic mass is 35.5. The topological polar surface area (TPSA) is 29.1 Å². The summed E-state index contributed by atoms with van der Waals surface area (Å²) in [6, 6.07) is 7.03. The van der Waals surface area contributed by atoms with Crippen LogP contribution in [0.1, 0.15) is 17.3 Å². The Morgan fingerprint density at radius 2 is 2.06 bits per heavy atom. The summed E-state index contributed by atoms with van der Waals surface area (Å²) >= 11 is 7.31. The van der Waals surface area contributed by atoms with Crippen molar-refractivity contribution in [2.24, 2.45) is 0 Å². The summed E-state index contributed by atoms with van der Waals surface area (Å²) in [6.45, 7) is 5.81. The van der Waals surface area contributed by atoms with E-state index in [1.807, 2.05) is 13.0 Å². The van der Waals surface area contributed by atoms with Gasteiger partial charge in [-0.25, -0.2) is 0 Å². The molecule has 1 N–H and O–H groups in total. The maximum Gasteiger partial charge on any atom is 0.202 e. The first-order valence-corrected chi connectivity index (χ1v) is 6.58. The van der Waals surface area contributed by atoms with Gasteiger partial charge in [0.15, 0.2) is 0 Å². The summed E-state index contributed by atoms with van der Waals surface area (Å²) in [5.74, 6) is -0.0950. The van der Waals surface area contributed by atoms with Gasteiger partial charge in [0, 0.05) is 11.3 Å². The van der Waals surface area contributed by atoms with E-state index in [-0.39, 0.29) is 5.78 Å². The molecule has 0 fully saturated rings. The second-order valence-corrected chi connectivity index (χ2v) is 5.18. The highest BCUT2D eigenvalue weighted by Gasteiger charge is 2.17. The number of rotatable bonds is 2. The number of Topliss-reactive ketones (excluding diaryl/α,β-unsaturated/α-hetero) is 1. The fourth-order valence-electron chi connectivity index (χ4n) is 1.57. The Kier molecular flexibility index (Phi) is 3.94. The van der Waals surface area contributed by atoms with Gasteiger partial charge >= 0.3 is 0 Å². The first-order chi connectivity index (χ1) is 8.58. The van der Waals surface area contributed by atoms with Crippen LogP contribution in [0.3, 0.4) is 0 Å². The molecule has 0 saturated heterocycles. The molecule has 1 aromatic rings. The first-order valence-electron chi connectivity index (χ1n) is 5.39. The number of benzene rings is 1. The number of carbonyl (C=O) groups is 1. The van der Waals surface area contributed by atoms with Crippen molar-refractivity contribution in [3.8, 4) is 0 Å². The van der Waals surface area contributed by atoms with Gasteiger partial charge in [-0.05, 0) is 48.7 Å². The lowest BCUT2D eigenvalue weighted by Gasteiger charge is -2.07. The summed E-state index contributed by atoms with van der Waals surface area (Å²) in [4.78, 5) is 12.9. The quantitative estimate of drug-likeness (QED) is 0.651. The second-order valence-electron chi connectivity index (χ2n) is 3.92. The maximum absolute atomic E-state index is 12.3. The molecule has 0 spiro atoms. The molecule has 1 heterocycles. The molecule has 0 unspecified atom stereocenters. The molecule has 4 heteroatoms.